The molecule has 2 aromatic rings. The summed E-state index contributed by atoms with van der Waals surface area (Å²) in [6, 6.07) is 11.5. The molecule has 0 unspecified atom stereocenters. The molecule has 0 aliphatic carbocycles. The Hall–Kier alpha value is -2.03. The van der Waals surface area contributed by atoms with E-state index in [1.54, 1.807) is 0 Å². The van der Waals surface area contributed by atoms with Crippen LogP contribution in [0.3, 0.4) is 0 Å². The van der Waals surface area contributed by atoms with Gasteiger partial charge in [0, 0.05) is 5.69 Å². The van der Waals surface area contributed by atoms with Crippen LogP contribution in [0.2, 0.25) is 0 Å². The highest BCUT2D eigenvalue weighted by Crippen LogP contribution is 2.22. The average molecular weight is 285 g/mol. The molecule has 2 rings (SSSR count). The molecule has 0 aliphatic rings. The number of carbonyl (C=O) groups excluding carboxylic acids is 1. The number of fused-ring (bicyclic) bond motifs is 1. The van der Waals surface area contributed by atoms with Crippen molar-refractivity contribution in [3.05, 3.63) is 42.0 Å². The molecule has 3 nitrogen and oxygen atoms in total. The second-order valence-electron chi connectivity index (χ2n) is 5.34. The summed E-state index contributed by atoms with van der Waals surface area (Å²) >= 11 is 0. The van der Waals surface area contributed by atoms with Crippen LogP contribution in [0.25, 0.3) is 10.8 Å². The number of ether oxygens (including phenoxy) is 1. The molecule has 0 bridgehead atoms. The Labute approximate surface area is 126 Å². The van der Waals surface area contributed by atoms with E-state index in [1.807, 2.05) is 36.4 Å². The first kappa shape index (κ1) is 15.4. The number of hydrogen-bond donors (Lipinski definition) is 1. The molecule has 0 fully saturated rings. The number of nitrogen functional groups attached to an aromatic ring is 1. The Bertz CT molecular complexity index is 607. The van der Waals surface area contributed by atoms with Gasteiger partial charge in [0.25, 0.3) is 0 Å². The predicted molar refractivity (Wildman–Crippen MR) is 87.4 cm³/mol. The molecular formula is C18H23NO2. The fourth-order valence-electron chi connectivity index (χ4n) is 2.38. The quantitative estimate of drug-likeness (QED) is 0.461. The van der Waals surface area contributed by atoms with Crippen molar-refractivity contribution in [1.29, 1.82) is 0 Å². The molecule has 3 heteroatoms. The van der Waals surface area contributed by atoms with Gasteiger partial charge in [0.1, 0.15) is 0 Å². The Morgan fingerprint density at radius 2 is 1.71 bits per heavy atom. The lowest BCUT2D eigenvalue weighted by Crippen LogP contribution is -2.09. The zero-order valence-corrected chi connectivity index (χ0v) is 12.6. The summed E-state index contributed by atoms with van der Waals surface area (Å²) < 4.78 is 5.32. The number of esters is 1. The average Bonchev–Trinajstić information content (AvgIpc) is 2.49. The second-order valence-corrected chi connectivity index (χ2v) is 5.34. The molecule has 2 aromatic carbocycles. The first-order chi connectivity index (χ1) is 10.2. The second kappa shape index (κ2) is 7.67. The highest BCUT2D eigenvalue weighted by molar-refractivity contribution is 6.01. The normalized spacial score (nSPS) is 10.7. The van der Waals surface area contributed by atoms with Crippen LogP contribution in [-0.4, -0.2) is 12.6 Å². The van der Waals surface area contributed by atoms with Crippen LogP contribution in [0, 0.1) is 0 Å². The van der Waals surface area contributed by atoms with E-state index in [9.17, 15) is 4.79 Å². The molecule has 0 saturated heterocycles. The van der Waals surface area contributed by atoms with Gasteiger partial charge >= 0.3 is 5.97 Å². The molecule has 0 atom stereocenters. The maximum Gasteiger partial charge on any atom is 0.340 e. The lowest BCUT2D eigenvalue weighted by molar-refractivity contribution is 0.0499. The highest BCUT2D eigenvalue weighted by Gasteiger charge is 2.12. The van der Waals surface area contributed by atoms with Crippen LogP contribution in [0.4, 0.5) is 5.69 Å². The standard InChI is InChI=1S/C18H23NO2/c1-2-3-4-5-8-11-21-18(20)16-12-14-9-6-7-10-15(14)13-17(16)19/h6-7,9-10,12-13H,2-5,8,11,19H2,1H3. The molecule has 0 heterocycles. The van der Waals surface area contributed by atoms with Crippen molar-refractivity contribution in [2.75, 3.05) is 12.3 Å². The molecule has 0 saturated carbocycles. The predicted octanol–water partition coefficient (Wildman–Crippen LogP) is 4.55. The summed E-state index contributed by atoms with van der Waals surface area (Å²) in [5.74, 6) is -0.325. The van der Waals surface area contributed by atoms with Gasteiger partial charge in [0.2, 0.25) is 0 Å². The fraction of sp³-hybridized carbons (Fsp3) is 0.389. The number of rotatable bonds is 7. The minimum atomic E-state index is -0.325. The molecule has 0 spiro atoms. The van der Waals surface area contributed by atoms with Gasteiger partial charge in [-0.2, -0.15) is 0 Å². The van der Waals surface area contributed by atoms with Crippen LogP contribution in [0.1, 0.15) is 49.4 Å². The zero-order chi connectivity index (χ0) is 15.1. The van der Waals surface area contributed by atoms with Crippen LogP contribution in [-0.2, 0) is 4.74 Å². The molecule has 0 aliphatic heterocycles. The maximum atomic E-state index is 12.1. The van der Waals surface area contributed by atoms with E-state index in [2.05, 4.69) is 6.92 Å². The summed E-state index contributed by atoms with van der Waals surface area (Å²) in [5, 5.41) is 2.03. The van der Waals surface area contributed by atoms with Crippen LogP contribution in [0.5, 0.6) is 0 Å². The lowest BCUT2D eigenvalue weighted by atomic mass is 10.1. The smallest absolute Gasteiger partial charge is 0.340 e. The SMILES string of the molecule is CCCCCCCOC(=O)c1cc2ccccc2cc1N. The maximum absolute atomic E-state index is 12.1. The van der Waals surface area contributed by atoms with Crippen molar-refractivity contribution < 1.29 is 9.53 Å². The summed E-state index contributed by atoms with van der Waals surface area (Å²) in [5.41, 5.74) is 6.89. The van der Waals surface area contributed by atoms with Crippen molar-refractivity contribution in [2.45, 2.75) is 39.0 Å². The van der Waals surface area contributed by atoms with Crippen LogP contribution >= 0.6 is 0 Å². The summed E-state index contributed by atoms with van der Waals surface area (Å²) in [7, 11) is 0. The van der Waals surface area contributed by atoms with Crippen molar-refractivity contribution in [1.82, 2.24) is 0 Å². The number of anilines is 1. The molecule has 21 heavy (non-hydrogen) atoms. The van der Waals surface area contributed by atoms with E-state index in [4.69, 9.17) is 10.5 Å². The van der Waals surface area contributed by atoms with E-state index in [0.717, 1.165) is 23.6 Å². The van der Waals surface area contributed by atoms with Gasteiger partial charge in [0.15, 0.2) is 0 Å². The number of benzene rings is 2. The van der Waals surface area contributed by atoms with Crippen molar-refractivity contribution in [2.24, 2.45) is 0 Å². The largest absolute Gasteiger partial charge is 0.462 e. The first-order valence-electron chi connectivity index (χ1n) is 7.67. The fourth-order valence-corrected chi connectivity index (χ4v) is 2.38. The van der Waals surface area contributed by atoms with E-state index in [1.165, 1.54) is 19.3 Å². The summed E-state index contributed by atoms with van der Waals surface area (Å²) in [6.45, 7) is 2.65. The number of carbonyl (C=O) groups is 1. The van der Waals surface area contributed by atoms with Gasteiger partial charge in [-0.05, 0) is 29.3 Å². The molecule has 112 valence electrons. The Morgan fingerprint density at radius 3 is 2.43 bits per heavy atom. The first-order valence-corrected chi connectivity index (χ1v) is 7.67. The number of unbranched alkanes of at least 4 members (excludes halogenated alkanes) is 4. The minimum Gasteiger partial charge on any atom is -0.462 e. The third kappa shape index (κ3) is 4.22. The molecule has 0 radical (unpaired) electrons. The van der Waals surface area contributed by atoms with Crippen LogP contribution in [0.15, 0.2) is 36.4 Å². The zero-order valence-electron chi connectivity index (χ0n) is 12.6. The van der Waals surface area contributed by atoms with Gasteiger partial charge in [-0.25, -0.2) is 4.79 Å². The van der Waals surface area contributed by atoms with Crippen molar-refractivity contribution in [3.8, 4) is 0 Å². The Kier molecular flexibility index (Phi) is 5.61. The van der Waals surface area contributed by atoms with Crippen LogP contribution < -0.4 is 5.73 Å². The van der Waals surface area contributed by atoms with Gasteiger partial charge < -0.3 is 10.5 Å². The van der Waals surface area contributed by atoms with E-state index < -0.39 is 0 Å². The summed E-state index contributed by atoms with van der Waals surface area (Å²) in [4.78, 5) is 12.1. The van der Waals surface area contributed by atoms with E-state index in [-0.39, 0.29) is 5.97 Å². The third-order valence-electron chi connectivity index (χ3n) is 3.62. The monoisotopic (exact) mass is 285 g/mol. The minimum absolute atomic E-state index is 0.325. The Morgan fingerprint density at radius 1 is 1.05 bits per heavy atom. The molecule has 0 aromatic heterocycles. The van der Waals surface area contributed by atoms with E-state index >= 15 is 0 Å². The topological polar surface area (TPSA) is 52.3 Å². The highest BCUT2D eigenvalue weighted by atomic mass is 16.5. The van der Waals surface area contributed by atoms with Gasteiger partial charge in [-0.1, -0.05) is 56.9 Å². The molecular weight excluding hydrogens is 262 g/mol. The number of nitrogens with two attached hydrogens (primary N) is 1. The molecule has 2 N–H and O–H groups in total. The molecule has 0 amide bonds. The Balaban J connectivity index is 1.94. The van der Waals surface area contributed by atoms with Gasteiger partial charge in [-0.3, -0.25) is 0 Å². The lowest BCUT2D eigenvalue weighted by Gasteiger charge is -2.08. The van der Waals surface area contributed by atoms with Gasteiger partial charge in [0.05, 0.1) is 12.2 Å². The summed E-state index contributed by atoms with van der Waals surface area (Å²) in [6.07, 6.45) is 5.68. The number of hydrogen-bond acceptors (Lipinski definition) is 3. The van der Waals surface area contributed by atoms with E-state index in [0.29, 0.717) is 17.9 Å². The third-order valence-corrected chi connectivity index (χ3v) is 3.62. The van der Waals surface area contributed by atoms with Gasteiger partial charge in [-0.15, -0.1) is 0 Å². The van der Waals surface area contributed by atoms with Crippen molar-refractivity contribution in [3.63, 3.8) is 0 Å². The van der Waals surface area contributed by atoms with Crippen molar-refractivity contribution >= 4 is 22.4 Å².